The van der Waals surface area contributed by atoms with E-state index >= 15 is 0 Å². The van der Waals surface area contributed by atoms with E-state index in [1.165, 1.54) is 36.5 Å². The molecule has 0 bridgehead atoms. The fraction of sp³-hybridized carbons (Fsp3) is 0.250. The van der Waals surface area contributed by atoms with Crippen LogP contribution in [0, 0.1) is 23.3 Å². The molecule has 2 aromatic carbocycles. The Morgan fingerprint density at radius 2 is 1.39 bits per heavy atom. The minimum absolute atomic E-state index is 0.167. The summed E-state index contributed by atoms with van der Waals surface area (Å²) in [5.74, 6) is -15.0. The molecule has 5 nitrogen and oxygen atoms in total. The summed E-state index contributed by atoms with van der Waals surface area (Å²) < 4.78 is 109. The summed E-state index contributed by atoms with van der Waals surface area (Å²) in [6.45, 7) is 1.20. The normalized spacial score (nSPS) is 15.5. The highest BCUT2D eigenvalue weighted by Crippen LogP contribution is 2.38. The third-order valence-electron chi connectivity index (χ3n) is 4.90. The van der Waals surface area contributed by atoms with Crippen LogP contribution in [-0.2, 0) is 11.0 Å². The van der Waals surface area contributed by atoms with Gasteiger partial charge in [0.15, 0.2) is 29.3 Å². The van der Waals surface area contributed by atoms with E-state index in [1.807, 2.05) is 0 Å². The highest BCUT2D eigenvalue weighted by Gasteiger charge is 2.47. The van der Waals surface area contributed by atoms with Crippen molar-refractivity contribution >= 4 is 23.4 Å². The molecule has 0 aromatic heterocycles. The lowest BCUT2D eigenvalue weighted by Crippen LogP contribution is -2.52. The number of fused-ring (bicyclic) bond motifs is 1. The number of nitrogens with zero attached hydrogens (tertiary/aromatic N) is 1. The summed E-state index contributed by atoms with van der Waals surface area (Å²) in [7, 11) is 0. The number of benzene rings is 2. The van der Waals surface area contributed by atoms with Crippen molar-refractivity contribution in [3.8, 4) is 0 Å². The van der Waals surface area contributed by atoms with Gasteiger partial charge < -0.3 is 5.32 Å². The molecule has 0 saturated heterocycles. The number of alkyl halides is 4. The molecule has 2 aromatic rings. The zero-order chi connectivity index (χ0) is 24.8. The summed E-state index contributed by atoms with van der Waals surface area (Å²) >= 11 is 0. The highest BCUT2D eigenvalue weighted by molar-refractivity contribution is 6.23. The molecule has 1 aliphatic heterocycles. The standard InChI is InChI=1S/C20H12F8N2O3/c1-2-9(21)16(30-18(32)7-5-3-4-6-8(7)19(30)33)17(31)29-15-13(24)11(22)10(20(26,27)28)12(23)14(15)25/h3-6,9,16H,2H2,1H3,(H,29,31)/t9-,16-/m0/s1. The second-order valence-corrected chi connectivity index (χ2v) is 6.89. The van der Waals surface area contributed by atoms with E-state index < -0.39 is 77.1 Å². The molecule has 0 unspecified atom stereocenters. The number of hydrogen-bond acceptors (Lipinski definition) is 3. The first-order chi connectivity index (χ1) is 15.3. The van der Waals surface area contributed by atoms with Crippen LogP contribution in [-0.4, -0.2) is 34.8 Å². The van der Waals surface area contributed by atoms with Crippen molar-refractivity contribution in [1.29, 1.82) is 0 Å². The van der Waals surface area contributed by atoms with Crippen LogP contribution in [0.4, 0.5) is 40.8 Å². The maximum absolute atomic E-state index is 14.7. The fourth-order valence-electron chi connectivity index (χ4n) is 3.31. The van der Waals surface area contributed by atoms with Crippen LogP contribution in [0.1, 0.15) is 39.6 Å². The predicted octanol–water partition coefficient (Wildman–Crippen LogP) is 4.61. The molecule has 0 saturated carbocycles. The number of hydrogen-bond donors (Lipinski definition) is 1. The summed E-state index contributed by atoms with van der Waals surface area (Å²) in [4.78, 5) is 38.0. The molecule has 3 amide bonds. The molecule has 3 rings (SSSR count). The Morgan fingerprint density at radius 3 is 1.79 bits per heavy atom. The lowest BCUT2D eigenvalue weighted by Gasteiger charge is -2.27. The maximum atomic E-state index is 14.7. The van der Waals surface area contributed by atoms with Gasteiger partial charge in [-0.05, 0) is 18.6 Å². The Kier molecular flexibility index (Phi) is 6.18. The number of nitrogens with one attached hydrogen (secondary N) is 1. The van der Waals surface area contributed by atoms with Crippen LogP contribution >= 0.6 is 0 Å². The lowest BCUT2D eigenvalue weighted by atomic mass is 10.1. The van der Waals surface area contributed by atoms with E-state index in [0.29, 0.717) is 0 Å². The van der Waals surface area contributed by atoms with Crippen LogP contribution in [0.3, 0.4) is 0 Å². The van der Waals surface area contributed by atoms with Crippen LogP contribution in [0.2, 0.25) is 0 Å². The average Bonchev–Trinajstić information content (AvgIpc) is 3.00. The van der Waals surface area contributed by atoms with Gasteiger partial charge >= 0.3 is 6.18 Å². The summed E-state index contributed by atoms with van der Waals surface area (Å²) in [6.07, 6.45) is -8.61. The molecule has 1 N–H and O–H groups in total. The highest BCUT2D eigenvalue weighted by atomic mass is 19.4. The van der Waals surface area contributed by atoms with Crippen LogP contribution in [0.15, 0.2) is 24.3 Å². The molecule has 2 atom stereocenters. The van der Waals surface area contributed by atoms with Crippen molar-refractivity contribution in [1.82, 2.24) is 4.90 Å². The molecule has 1 aliphatic rings. The van der Waals surface area contributed by atoms with Crippen LogP contribution < -0.4 is 5.32 Å². The lowest BCUT2D eigenvalue weighted by molar-refractivity contribution is -0.143. The van der Waals surface area contributed by atoms with E-state index in [2.05, 4.69) is 0 Å². The number of halogens is 8. The minimum Gasteiger partial charge on any atom is -0.319 e. The Hall–Kier alpha value is -3.51. The first-order valence-electron chi connectivity index (χ1n) is 9.17. The van der Waals surface area contributed by atoms with Gasteiger partial charge in [0.05, 0.1) is 11.1 Å². The summed E-state index contributed by atoms with van der Waals surface area (Å²) in [5, 5.41) is 1.28. The molecule has 0 aliphatic carbocycles. The van der Waals surface area contributed by atoms with Crippen molar-refractivity contribution in [2.75, 3.05) is 5.32 Å². The number of carbonyl (C=O) groups is 3. The molecule has 0 spiro atoms. The Balaban J connectivity index is 2.05. The maximum Gasteiger partial charge on any atom is 0.422 e. The van der Waals surface area contributed by atoms with Gasteiger partial charge in [-0.3, -0.25) is 19.3 Å². The third-order valence-corrected chi connectivity index (χ3v) is 4.90. The third kappa shape index (κ3) is 3.91. The van der Waals surface area contributed by atoms with E-state index in [9.17, 15) is 49.5 Å². The molecule has 0 fully saturated rings. The number of amides is 3. The smallest absolute Gasteiger partial charge is 0.319 e. The number of carbonyl (C=O) groups excluding carboxylic acids is 3. The monoisotopic (exact) mass is 480 g/mol. The largest absolute Gasteiger partial charge is 0.422 e. The van der Waals surface area contributed by atoms with Gasteiger partial charge in [-0.2, -0.15) is 13.2 Å². The quantitative estimate of drug-likeness (QED) is 0.386. The van der Waals surface area contributed by atoms with Crippen molar-refractivity contribution in [3.05, 3.63) is 64.2 Å². The first-order valence-corrected chi connectivity index (χ1v) is 9.17. The molecule has 0 radical (unpaired) electrons. The number of anilines is 1. The second-order valence-electron chi connectivity index (χ2n) is 6.89. The summed E-state index contributed by atoms with van der Waals surface area (Å²) in [5.41, 5.74) is -5.25. The number of rotatable bonds is 5. The van der Waals surface area contributed by atoms with Crippen molar-refractivity contribution in [2.45, 2.75) is 31.7 Å². The van der Waals surface area contributed by atoms with E-state index in [-0.39, 0.29) is 16.0 Å². The molecule has 33 heavy (non-hydrogen) atoms. The minimum atomic E-state index is -5.81. The number of imide groups is 1. The Bertz CT molecular complexity index is 1100. The molecule has 1 heterocycles. The van der Waals surface area contributed by atoms with Gasteiger partial charge in [0.25, 0.3) is 17.7 Å². The van der Waals surface area contributed by atoms with Gasteiger partial charge in [0, 0.05) is 0 Å². The SMILES string of the molecule is CC[C@H](F)[C@@H](C(=O)Nc1c(F)c(F)c(C(F)(F)F)c(F)c1F)N1C(=O)c2ccccc2C1=O. The van der Waals surface area contributed by atoms with Crippen LogP contribution in [0.5, 0.6) is 0 Å². The average molecular weight is 480 g/mol. The zero-order valence-corrected chi connectivity index (χ0v) is 16.4. The fourth-order valence-corrected chi connectivity index (χ4v) is 3.31. The van der Waals surface area contributed by atoms with Gasteiger partial charge in [0.1, 0.15) is 17.4 Å². The van der Waals surface area contributed by atoms with Gasteiger partial charge in [-0.1, -0.05) is 19.1 Å². The van der Waals surface area contributed by atoms with E-state index in [1.54, 1.807) is 0 Å². The van der Waals surface area contributed by atoms with Gasteiger partial charge in [0.2, 0.25) is 0 Å². The second kappa shape index (κ2) is 8.45. The van der Waals surface area contributed by atoms with Gasteiger partial charge in [-0.15, -0.1) is 0 Å². The molecular weight excluding hydrogens is 468 g/mol. The van der Waals surface area contributed by atoms with Gasteiger partial charge in [-0.25, -0.2) is 22.0 Å². The van der Waals surface area contributed by atoms with Crippen LogP contribution in [0.25, 0.3) is 0 Å². The molecular formula is C20H12F8N2O3. The first kappa shape index (κ1) is 24.1. The van der Waals surface area contributed by atoms with Crippen molar-refractivity contribution < 1.29 is 49.5 Å². The Labute approximate surface area is 180 Å². The summed E-state index contributed by atoms with van der Waals surface area (Å²) in [6, 6.07) is 2.78. The predicted molar refractivity (Wildman–Crippen MR) is 95.8 cm³/mol. The van der Waals surface area contributed by atoms with Crippen molar-refractivity contribution in [3.63, 3.8) is 0 Å². The zero-order valence-electron chi connectivity index (χ0n) is 16.4. The van der Waals surface area contributed by atoms with E-state index in [0.717, 1.165) is 0 Å². The molecule has 176 valence electrons. The van der Waals surface area contributed by atoms with Crippen molar-refractivity contribution in [2.24, 2.45) is 0 Å². The van der Waals surface area contributed by atoms with E-state index in [4.69, 9.17) is 0 Å². The topological polar surface area (TPSA) is 66.5 Å². The molecule has 13 heteroatoms. The Morgan fingerprint density at radius 1 is 0.939 bits per heavy atom.